The summed E-state index contributed by atoms with van der Waals surface area (Å²) < 4.78 is 5.91. The van der Waals surface area contributed by atoms with E-state index in [0.717, 1.165) is 19.5 Å². The first kappa shape index (κ1) is 19.1. The number of piperidine rings is 1. The van der Waals surface area contributed by atoms with Gasteiger partial charge in [0.15, 0.2) is 0 Å². The van der Waals surface area contributed by atoms with Gasteiger partial charge in [-0.15, -0.1) is 0 Å². The quantitative estimate of drug-likeness (QED) is 0.751. The highest BCUT2D eigenvalue weighted by Gasteiger charge is 2.22. The van der Waals surface area contributed by atoms with Gasteiger partial charge in [-0.2, -0.15) is 0 Å². The van der Waals surface area contributed by atoms with Crippen LogP contribution in [0.25, 0.3) is 0 Å². The summed E-state index contributed by atoms with van der Waals surface area (Å²) in [5, 5.41) is 7.03. The van der Waals surface area contributed by atoms with Gasteiger partial charge in [0.05, 0.1) is 11.6 Å². The number of carbonyl (C=O) groups is 1. The van der Waals surface area contributed by atoms with Gasteiger partial charge in [-0.25, -0.2) is 0 Å². The molecule has 2 N–H and O–H groups in total. The molecule has 2 rings (SSSR count). The molecular formula is C19H29ClN2O2. The van der Waals surface area contributed by atoms with Gasteiger partial charge < -0.3 is 15.4 Å². The van der Waals surface area contributed by atoms with Gasteiger partial charge in [0.2, 0.25) is 5.91 Å². The Morgan fingerprint density at radius 3 is 2.92 bits per heavy atom. The second-order valence-corrected chi connectivity index (χ2v) is 7.08. The maximum Gasteiger partial charge on any atom is 0.220 e. The van der Waals surface area contributed by atoms with Crippen molar-refractivity contribution in [3.8, 4) is 5.75 Å². The van der Waals surface area contributed by atoms with Crippen LogP contribution >= 0.6 is 11.6 Å². The highest BCUT2D eigenvalue weighted by atomic mass is 35.5. The Kier molecular flexibility index (Phi) is 7.86. The molecule has 4 nitrogen and oxygen atoms in total. The Balaban J connectivity index is 1.75. The van der Waals surface area contributed by atoms with E-state index in [0.29, 0.717) is 35.6 Å². The van der Waals surface area contributed by atoms with Crippen molar-refractivity contribution in [2.45, 2.75) is 45.6 Å². The highest BCUT2D eigenvalue weighted by Crippen LogP contribution is 2.25. The summed E-state index contributed by atoms with van der Waals surface area (Å²) in [6.07, 6.45) is 3.75. The molecule has 24 heavy (non-hydrogen) atoms. The Hall–Kier alpha value is -1.26. The Morgan fingerprint density at radius 1 is 1.46 bits per heavy atom. The summed E-state index contributed by atoms with van der Waals surface area (Å²) in [6, 6.07) is 7.43. The Morgan fingerprint density at radius 2 is 2.25 bits per heavy atom. The molecule has 0 saturated carbocycles. The fraction of sp³-hybridized carbons (Fsp3) is 0.632. The zero-order chi connectivity index (χ0) is 17.4. The average molecular weight is 353 g/mol. The molecule has 5 heteroatoms. The van der Waals surface area contributed by atoms with Crippen LogP contribution in [0.1, 0.15) is 39.5 Å². The molecule has 1 heterocycles. The molecule has 3 atom stereocenters. The fourth-order valence-electron chi connectivity index (χ4n) is 3.11. The number of hydrogen-bond donors (Lipinski definition) is 2. The predicted molar refractivity (Wildman–Crippen MR) is 98.5 cm³/mol. The minimum Gasteiger partial charge on any atom is -0.487 e. The van der Waals surface area contributed by atoms with Gasteiger partial charge in [-0.1, -0.05) is 37.6 Å². The topological polar surface area (TPSA) is 50.4 Å². The fourth-order valence-corrected chi connectivity index (χ4v) is 3.29. The lowest BCUT2D eigenvalue weighted by Gasteiger charge is -2.28. The van der Waals surface area contributed by atoms with Gasteiger partial charge in [-0.05, 0) is 56.3 Å². The first-order valence-electron chi connectivity index (χ1n) is 8.98. The van der Waals surface area contributed by atoms with E-state index < -0.39 is 0 Å². The van der Waals surface area contributed by atoms with Crippen LogP contribution in [0.3, 0.4) is 0 Å². The van der Waals surface area contributed by atoms with Gasteiger partial charge >= 0.3 is 0 Å². The number of ether oxygens (including phenoxy) is 1. The number of benzene rings is 1. The standard InChI is InChI=1S/C19H29ClN2O2/c1-3-16(24-18-9-5-4-8-17(18)20)13-22-19(23)11-14(2)15-7-6-10-21-12-15/h4-5,8-9,14-16,21H,3,6-7,10-13H2,1-2H3,(H,22,23). The molecule has 1 aromatic carbocycles. The van der Waals surface area contributed by atoms with Crippen molar-refractivity contribution in [2.24, 2.45) is 11.8 Å². The molecule has 0 spiro atoms. The number of hydrogen-bond acceptors (Lipinski definition) is 3. The summed E-state index contributed by atoms with van der Waals surface area (Å²) >= 11 is 6.12. The van der Waals surface area contributed by atoms with Gasteiger partial charge in [0.25, 0.3) is 0 Å². The minimum absolute atomic E-state index is 0.0690. The molecule has 0 aromatic heterocycles. The van der Waals surface area contributed by atoms with Gasteiger partial charge in [-0.3, -0.25) is 4.79 Å². The van der Waals surface area contributed by atoms with E-state index in [1.165, 1.54) is 12.8 Å². The maximum absolute atomic E-state index is 12.2. The van der Waals surface area contributed by atoms with Crippen LogP contribution in [0.5, 0.6) is 5.75 Å². The molecule has 1 aliphatic heterocycles. The predicted octanol–water partition coefficient (Wildman–Crippen LogP) is 3.64. The average Bonchev–Trinajstić information content (AvgIpc) is 2.60. The van der Waals surface area contributed by atoms with E-state index in [-0.39, 0.29) is 12.0 Å². The van der Waals surface area contributed by atoms with Gasteiger partial charge in [0, 0.05) is 6.42 Å². The molecule has 3 unspecified atom stereocenters. The summed E-state index contributed by atoms with van der Waals surface area (Å²) in [5.41, 5.74) is 0. The smallest absolute Gasteiger partial charge is 0.220 e. The van der Waals surface area contributed by atoms with Crippen LogP contribution < -0.4 is 15.4 Å². The van der Waals surface area contributed by atoms with Crippen molar-refractivity contribution >= 4 is 17.5 Å². The van der Waals surface area contributed by atoms with Crippen LogP contribution in [0.4, 0.5) is 0 Å². The van der Waals surface area contributed by atoms with Gasteiger partial charge in [0.1, 0.15) is 11.9 Å². The second kappa shape index (κ2) is 9.90. The lowest BCUT2D eigenvalue weighted by molar-refractivity contribution is -0.122. The normalized spacial score (nSPS) is 20.2. The van der Waals surface area contributed by atoms with E-state index in [1.807, 2.05) is 31.2 Å². The van der Waals surface area contributed by atoms with Crippen LogP contribution in [0.2, 0.25) is 5.02 Å². The molecule has 134 valence electrons. The minimum atomic E-state index is -0.0690. The third-order valence-corrected chi connectivity index (χ3v) is 5.07. The molecule has 1 amide bonds. The number of halogens is 1. The Bertz CT molecular complexity index is 518. The van der Waals surface area contributed by atoms with Crippen molar-refractivity contribution in [1.29, 1.82) is 0 Å². The summed E-state index contributed by atoms with van der Waals surface area (Å²) in [6.45, 7) is 6.86. The van der Waals surface area contributed by atoms with E-state index >= 15 is 0 Å². The monoisotopic (exact) mass is 352 g/mol. The molecule has 1 saturated heterocycles. The molecule has 1 fully saturated rings. The second-order valence-electron chi connectivity index (χ2n) is 6.67. The first-order chi connectivity index (χ1) is 11.6. The molecular weight excluding hydrogens is 324 g/mol. The van der Waals surface area contributed by atoms with Crippen LogP contribution in [-0.2, 0) is 4.79 Å². The van der Waals surface area contributed by atoms with Crippen LogP contribution in [0.15, 0.2) is 24.3 Å². The zero-order valence-electron chi connectivity index (χ0n) is 14.7. The number of amides is 1. The van der Waals surface area contributed by atoms with Crippen molar-refractivity contribution in [1.82, 2.24) is 10.6 Å². The summed E-state index contributed by atoms with van der Waals surface area (Å²) in [7, 11) is 0. The van der Waals surface area contributed by atoms with Crippen molar-refractivity contribution in [2.75, 3.05) is 19.6 Å². The summed E-state index contributed by atoms with van der Waals surface area (Å²) in [5.74, 6) is 1.78. The van der Waals surface area contributed by atoms with Crippen LogP contribution in [-0.4, -0.2) is 31.6 Å². The maximum atomic E-state index is 12.2. The number of para-hydroxylation sites is 1. The molecule has 1 aromatic rings. The van der Waals surface area contributed by atoms with Crippen molar-refractivity contribution < 1.29 is 9.53 Å². The van der Waals surface area contributed by atoms with Crippen LogP contribution in [0, 0.1) is 11.8 Å². The molecule has 1 aliphatic rings. The van der Waals surface area contributed by atoms with Crippen molar-refractivity contribution in [3.63, 3.8) is 0 Å². The molecule has 0 aliphatic carbocycles. The van der Waals surface area contributed by atoms with Crippen molar-refractivity contribution in [3.05, 3.63) is 29.3 Å². The number of carbonyl (C=O) groups excluding carboxylic acids is 1. The largest absolute Gasteiger partial charge is 0.487 e. The SMILES string of the molecule is CCC(CNC(=O)CC(C)C1CCCNC1)Oc1ccccc1Cl. The third kappa shape index (κ3) is 5.99. The molecule has 0 radical (unpaired) electrons. The lowest BCUT2D eigenvalue weighted by atomic mass is 9.85. The van der Waals surface area contributed by atoms with E-state index in [4.69, 9.17) is 16.3 Å². The first-order valence-corrected chi connectivity index (χ1v) is 9.36. The molecule has 0 bridgehead atoms. The summed E-state index contributed by atoms with van der Waals surface area (Å²) in [4.78, 5) is 12.2. The third-order valence-electron chi connectivity index (χ3n) is 4.76. The number of nitrogens with one attached hydrogen (secondary N) is 2. The lowest BCUT2D eigenvalue weighted by Crippen LogP contribution is -2.38. The van der Waals surface area contributed by atoms with E-state index in [1.54, 1.807) is 0 Å². The number of rotatable bonds is 8. The zero-order valence-corrected chi connectivity index (χ0v) is 15.4. The Labute approximate surface area is 150 Å². The highest BCUT2D eigenvalue weighted by molar-refractivity contribution is 6.32. The van der Waals surface area contributed by atoms with E-state index in [2.05, 4.69) is 17.6 Å². The van der Waals surface area contributed by atoms with E-state index in [9.17, 15) is 4.79 Å².